The fourth-order valence-electron chi connectivity index (χ4n) is 3.27. The second-order valence-corrected chi connectivity index (χ2v) is 6.71. The molecule has 1 aromatic heterocycles. The summed E-state index contributed by atoms with van der Waals surface area (Å²) in [6, 6.07) is 6.62. The number of hydrogen-bond acceptors (Lipinski definition) is 3. The molecule has 2 aromatic rings. The van der Waals surface area contributed by atoms with Crippen LogP contribution in [0.15, 0.2) is 36.8 Å². The predicted octanol–water partition coefficient (Wildman–Crippen LogP) is 3.44. The molecule has 24 heavy (non-hydrogen) atoms. The van der Waals surface area contributed by atoms with E-state index in [4.69, 9.17) is 0 Å². The van der Waals surface area contributed by atoms with Crippen molar-refractivity contribution in [3.8, 4) is 0 Å². The minimum Gasteiger partial charge on any atom is -0.338 e. The lowest BCUT2D eigenvalue weighted by molar-refractivity contribution is 0.0784. The van der Waals surface area contributed by atoms with Gasteiger partial charge in [-0.3, -0.25) is 4.79 Å². The number of halogens is 1. The van der Waals surface area contributed by atoms with Crippen molar-refractivity contribution >= 4 is 5.91 Å². The van der Waals surface area contributed by atoms with E-state index < -0.39 is 0 Å². The Kier molecular flexibility index (Phi) is 4.88. The Morgan fingerprint density at radius 1 is 1.33 bits per heavy atom. The zero-order valence-electron chi connectivity index (χ0n) is 14.1. The highest BCUT2D eigenvalue weighted by Crippen LogP contribution is 2.24. The normalized spacial score (nSPS) is 17.5. The van der Waals surface area contributed by atoms with Gasteiger partial charge in [-0.15, -0.1) is 0 Å². The third kappa shape index (κ3) is 3.61. The number of rotatable bonds is 4. The first-order valence-corrected chi connectivity index (χ1v) is 8.38. The van der Waals surface area contributed by atoms with Crippen LogP contribution in [0, 0.1) is 11.7 Å². The predicted molar refractivity (Wildman–Crippen MR) is 90.2 cm³/mol. The summed E-state index contributed by atoms with van der Waals surface area (Å²) in [5.74, 6) is 0.393. The molecular formula is C19H22FN3O. The summed E-state index contributed by atoms with van der Waals surface area (Å²) in [7, 11) is 0. The first-order chi connectivity index (χ1) is 11.5. The van der Waals surface area contributed by atoms with E-state index in [1.54, 1.807) is 6.20 Å². The Balaban J connectivity index is 1.67. The van der Waals surface area contributed by atoms with Crippen molar-refractivity contribution in [1.29, 1.82) is 0 Å². The average Bonchev–Trinajstić information content (AvgIpc) is 3.05. The van der Waals surface area contributed by atoms with Crippen LogP contribution in [-0.2, 0) is 6.42 Å². The van der Waals surface area contributed by atoms with Gasteiger partial charge in [0.1, 0.15) is 12.1 Å². The first kappa shape index (κ1) is 16.6. The number of aromatic nitrogens is 2. The maximum absolute atomic E-state index is 13.0. The maximum Gasteiger partial charge on any atom is 0.257 e. The van der Waals surface area contributed by atoms with Crippen molar-refractivity contribution < 1.29 is 9.18 Å². The number of amides is 1. The fraction of sp³-hybridized carbons (Fsp3) is 0.421. The van der Waals surface area contributed by atoms with Gasteiger partial charge in [-0.25, -0.2) is 14.4 Å². The molecule has 5 heteroatoms. The lowest BCUT2D eigenvalue weighted by Gasteiger charge is -2.19. The van der Waals surface area contributed by atoms with E-state index in [-0.39, 0.29) is 17.6 Å². The standard InChI is InChI=1S/C19H22FN3O/c1-13(2)18-17(10-21-12-22-18)19(24)23-8-7-15(11-23)9-14-3-5-16(20)6-4-14/h3-6,10,12-13,15H,7-9,11H2,1-2H3. The molecule has 0 bridgehead atoms. The number of carbonyl (C=O) groups is 1. The van der Waals surface area contributed by atoms with Gasteiger partial charge in [0, 0.05) is 19.3 Å². The van der Waals surface area contributed by atoms with Crippen LogP contribution < -0.4 is 0 Å². The molecule has 2 heterocycles. The molecule has 3 rings (SSSR count). The van der Waals surface area contributed by atoms with Gasteiger partial charge in [0.15, 0.2) is 0 Å². The van der Waals surface area contributed by atoms with Gasteiger partial charge in [-0.05, 0) is 42.4 Å². The molecule has 4 nitrogen and oxygen atoms in total. The molecule has 0 radical (unpaired) electrons. The Morgan fingerprint density at radius 2 is 2.08 bits per heavy atom. The van der Waals surface area contributed by atoms with Gasteiger partial charge < -0.3 is 4.90 Å². The highest BCUT2D eigenvalue weighted by atomic mass is 19.1. The Bertz CT molecular complexity index is 715. The van der Waals surface area contributed by atoms with E-state index in [2.05, 4.69) is 9.97 Å². The number of carbonyl (C=O) groups excluding carboxylic acids is 1. The molecule has 1 aromatic carbocycles. The van der Waals surface area contributed by atoms with Crippen LogP contribution in [0.25, 0.3) is 0 Å². The molecule has 1 amide bonds. The quantitative estimate of drug-likeness (QED) is 0.864. The lowest BCUT2D eigenvalue weighted by Crippen LogP contribution is -2.30. The Labute approximate surface area is 141 Å². The Morgan fingerprint density at radius 3 is 2.79 bits per heavy atom. The summed E-state index contributed by atoms with van der Waals surface area (Å²) < 4.78 is 13.0. The topological polar surface area (TPSA) is 46.1 Å². The second kappa shape index (κ2) is 7.07. The minimum absolute atomic E-state index is 0.0147. The SMILES string of the molecule is CC(C)c1ncncc1C(=O)N1CCC(Cc2ccc(F)cc2)C1. The molecule has 0 saturated carbocycles. The summed E-state index contributed by atoms with van der Waals surface area (Å²) in [4.78, 5) is 23.0. The first-order valence-electron chi connectivity index (χ1n) is 8.38. The van der Waals surface area contributed by atoms with E-state index >= 15 is 0 Å². The highest BCUT2D eigenvalue weighted by Gasteiger charge is 2.29. The van der Waals surface area contributed by atoms with Crippen molar-refractivity contribution in [2.24, 2.45) is 5.92 Å². The zero-order chi connectivity index (χ0) is 17.1. The van der Waals surface area contributed by atoms with Crippen LogP contribution in [0.2, 0.25) is 0 Å². The summed E-state index contributed by atoms with van der Waals surface area (Å²) in [6.07, 6.45) is 4.95. The molecular weight excluding hydrogens is 305 g/mol. The average molecular weight is 327 g/mol. The molecule has 0 spiro atoms. The zero-order valence-corrected chi connectivity index (χ0v) is 14.1. The highest BCUT2D eigenvalue weighted by molar-refractivity contribution is 5.95. The maximum atomic E-state index is 13.0. The summed E-state index contributed by atoms with van der Waals surface area (Å²) in [5, 5.41) is 0. The molecule has 1 atom stereocenters. The molecule has 126 valence electrons. The number of nitrogens with zero attached hydrogens (tertiary/aromatic N) is 3. The number of likely N-dealkylation sites (tertiary alicyclic amines) is 1. The fourth-order valence-corrected chi connectivity index (χ4v) is 3.27. The van der Waals surface area contributed by atoms with Crippen molar-refractivity contribution in [2.45, 2.75) is 32.6 Å². The summed E-state index contributed by atoms with van der Waals surface area (Å²) >= 11 is 0. The smallest absolute Gasteiger partial charge is 0.257 e. The van der Waals surface area contributed by atoms with Crippen LogP contribution in [0.1, 0.15) is 47.8 Å². The van der Waals surface area contributed by atoms with Crippen LogP contribution in [0.3, 0.4) is 0 Å². The molecule has 0 aliphatic carbocycles. The molecule has 1 fully saturated rings. The van der Waals surface area contributed by atoms with E-state index in [0.717, 1.165) is 37.2 Å². The number of hydrogen-bond donors (Lipinski definition) is 0. The van der Waals surface area contributed by atoms with Gasteiger partial charge in [-0.2, -0.15) is 0 Å². The largest absolute Gasteiger partial charge is 0.338 e. The van der Waals surface area contributed by atoms with E-state index in [0.29, 0.717) is 11.5 Å². The van der Waals surface area contributed by atoms with Crippen molar-refractivity contribution in [3.05, 3.63) is 59.4 Å². The van der Waals surface area contributed by atoms with Crippen LogP contribution in [-0.4, -0.2) is 33.9 Å². The van der Waals surface area contributed by atoms with Gasteiger partial charge in [-0.1, -0.05) is 26.0 Å². The third-order valence-corrected chi connectivity index (χ3v) is 4.53. The van der Waals surface area contributed by atoms with Gasteiger partial charge in [0.05, 0.1) is 11.3 Å². The molecule has 1 aliphatic heterocycles. The van der Waals surface area contributed by atoms with Crippen LogP contribution >= 0.6 is 0 Å². The molecule has 0 N–H and O–H groups in total. The summed E-state index contributed by atoms with van der Waals surface area (Å²) in [5.41, 5.74) is 2.52. The molecule has 1 unspecified atom stereocenters. The molecule has 1 aliphatic rings. The van der Waals surface area contributed by atoms with E-state index in [1.807, 2.05) is 30.9 Å². The van der Waals surface area contributed by atoms with Crippen molar-refractivity contribution in [3.63, 3.8) is 0 Å². The minimum atomic E-state index is -0.215. The van der Waals surface area contributed by atoms with Crippen LogP contribution in [0.5, 0.6) is 0 Å². The van der Waals surface area contributed by atoms with Gasteiger partial charge >= 0.3 is 0 Å². The van der Waals surface area contributed by atoms with Crippen molar-refractivity contribution in [2.75, 3.05) is 13.1 Å². The number of benzene rings is 1. The van der Waals surface area contributed by atoms with Crippen LogP contribution in [0.4, 0.5) is 4.39 Å². The second-order valence-electron chi connectivity index (χ2n) is 6.71. The van der Waals surface area contributed by atoms with Crippen molar-refractivity contribution in [1.82, 2.24) is 14.9 Å². The third-order valence-electron chi connectivity index (χ3n) is 4.53. The van der Waals surface area contributed by atoms with Gasteiger partial charge in [0.2, 0.25) is 0 Å². The van der Waals surface area contributed by atoms with E-state index in [1.165, 1.54) is 18.5 Å². The Hall–Kier alpha value is -2.30. The monoisotopic (exact) mass is 327 g/mol. The lowest BCUT2D eigenvalue weighted by atomic mass is 9.99. The summed E-state index contributed by atoms with van der Waals surface area (Å²) in [6.45, 7) is 5.53. The van der Waals surface area contributed by atoms with E-state index in [9.17, 15) is 9.18 Å². The van der Waals surface area contributed by atoms with Gasteiger partial charge in [0.25, 0.3) is 5.91 Å². The molecule has 1 saturated heterocycles.